The molecule has 4 nitrogen and oxygen atoms in total. The number of ether oxygens (including phenoxy) is 1. The molecule has 5 rings (SSSR count). The van der Waals surface area contributed by atoms with Crippen molar-refractivity contribution in [1.82, 2.24) is 4.90 Å². The van der Waals surface area contributed by atoms with Crippen LogP contribution in [0.3, 0.4) is 0 Å². The number of carbonyl (C=O) groups excluding carboxylic acids is 1. The molecule has 3 fully saturated rings. The third-order valence-electron chi connectivity index (χ3n) is 5.71. The Morgan fingerprint density at radius 1 is 1.08 bits per heavy atom. The number of nitrogens with zero attached hydrogens (tertiary/aromatic N) is 1. The van der Waals surface area contributed by atoms with Crippen molar-refractivity contribution in [3.05, 3.63) is 54.1 Å². The van der Waals surface area contributed by atoms with Crippen molar-refractivity contribution in [2.45, 2.75) is 32.3 Å². The lowest BCUT2D eigenvalue weighted by Gasteiger charge is -2.43. The number of para-hydroxylation sites is 1. The van der Waals surface area contributed by atoms with E-state index in [-0.39, 0.29) is 12.2 Å². The Morgan fingerprint density at radius 3 is 2.46 bits per heavy atom. The number of amides is 1. The molecule has 2 bridgehead atoms. The molecule has 2 aromatic rings. The van der Waals surface area contributed by atoms with E-state index in [0.29, 0.717) is 5.92 Å². The van der Waals surface area contributed by atoms with Crippen LogP contribution in [-0.4, -0.2) is 36.7 Å². The fourth-order valence-electron chi connectivity index (χ4n) is 4.24. The standard InChI is InChI=1S/C22H26N2O2/c1-2-16-7-3-4-8-18(16)19-9-5-6-10-20(19)23-22(25)26-21-15-24-13-11-17(21)12-14-24/h3-10,17,21H,2,11-15H2,1H3,(H,23,25). The Labute approximate surface area is 155 Å². The number of benzene rings is 2. The molecule has 3 aliphatic rings. The van der Waals surface area contributed by atoms with Crippen LogP contribution in [0.5, 0.6) is 0 Å². The third-order valence-corrected chi connectivity index (χ3v) is 5.71. The molecule has 26 heavy (non-hydrogen) atoms. The van der Waals surface area contributed by atoms with Crippen molar-refractivity contribution >= 4 is 11.8 Å². The second kappa shape index (κ2) is 7.50. The summed E-state index contributed by atoms with van der Waals surface area (Å²) in [4.78, 5) is 14.9. The molecule has 0 spiro atoms. The number of hydrogen-bond donors (Lipinski definition) is 1. The molecule has 3 saturated heterocycles. The summed E-state index contributed by atoms with van der Waals surface area (Å²) in [5.41, 5.74) is 4.27. The van der Waals surface area contributed by atoms with Gasteiger partial charge in [-0.3, -0.25) is 10.2 Å². The molecule has 1 atom stereocenters. The number of rotatable bonds is 4. The number of hydrogen-bond acceptors (Lipinski definition) is 3. The zero-order valence-corrected chi connectivity index (χ0v) is 15.3. The van der Waals surface area contributed by atoms with Gasteiger partial charge in [0, 0.05) is 12.1 Å². The number of carbonyl (C=O) groups is 1. The summed E-state index contributed by atoms with van der Waals surface area (Å²) in [6.45, 7) is 5.31. The molecule has 136 valence electrons. The predicted octanol–water partition coefficient (Wildman–Crippen LogP) is 4.56. The molecule has 2 aromatic carbocycles. The van der Waals surface area contributed by atoms with E-state index in [4.69, 9.17) is 4.74 Å². The second-order valence-corrected chi connectivity index (χ2v) is 7.26. The van der Waals surface area contributed by atoms with E-state index in [1.54, 1.807) is 0 Å². The van der Waals surface area contributed by atoms with Crippen LogP contribution < -0.4 is 5.32 Å². The highest BCUT2D eigenvalue weighted by atomic mass is 16.6. The first-order valence-corrected chi connectivity index (χ1v) is 9.62. The van der Waals surface area contributed by atoms with E-state index in [2.05, 4.69) is 41.4 Å². The lowest BCUT2D eigenvalue weighted by atomic mass is 9.86. The maximum absolute atomic E-state index is 12.5. The normalized spacial score (nSPS) is 24.3. The molecule has 0 radical (unpaired) electrons. The highest BCUT2D eigenvalue weighted by Crippen LogP contribution is 2.32. The zero-order chi connectivity index (χ0) is 17.9. The predicted molar refractivity (Wildman–Crippen MR) is 104 cm³/mol. The fraction of sp³-hybridized carbons (Fsp3) is 0.409. The number of piperidine rings is 3. The first kappa shape index (κ1) is 17.1. The van der Waals surface area contributed by atoms with Gasteiger partial charge in [0.2, 0.25) is 0 Å². The van der Waals surface area contributed by atoms with Gasteiger partial charge in [-0.05, 0) is 55.5 Å². The maximum atomic E-state index is 12.5. The van der Waals surface area contributed by atoms with E-state index >= 15 is 0 Å². The Morgan fingerprint density at radius 2 is 1.77 bits per heavy atom. The van der Waals surface area contributed by atoms with E-state index < -0.39 is 0 Å². The second-order valence-electron chi connectivity index (χ2n) is 7.26. The van der Waals surface area contributed by atoms with Crippen LogP contribution in [0.4, 0.5) is 10.5 Å². The molecule has 0 aliphatic carbocycles. The van der Waals surface area contributed by atoms with Crippen molar-refractivity contribution in [3.63, 3.8) is 0 Å². The Bertz CT molecular complexity index is 781. The molecule has 4 heteroatoms. The summed E-state index contributed by atoms with van der Waals surface area (Å²) in [6.07, 6.45) is 2.91. The maximum Gasteiger partial charge on any atom is 0.411 e. The molecule has 1 N–H and O–H groups in total. The molecule has 1 amide bonds. The van der Waals surface area contributed by atoms with Gasteiger partial charge in [-0.1, -0.05) is 49.4 Å². The number of anilines is 1. The van der Waals surface area contributed by atoms with Gasteiger partial charge in [-0.25, -0.2) is 4.79 Å². The van der Waals surface area contributed by atoms with Crippen LogP contribution in [0, 0.1) is 5.92 Å². The summed E-state index contributed by atoms with van der Waals surface area (Å²) >= 11 is 0. The molecule has 1 unspecified atom stereocenters. The Hall–Kier alpha value is -2.33. The van der Waals surface area contributed by atoms with Crippen molar-refractivity contribution in [3.8, 4) is 11.1 Å². The minimum absolute atomic E-state index is 0.0209. The SMILES string of the molecule is CCc1ccccc1-c1ccccc1NC(=O)OC1CN2CCC1CC2. The monoisotopic (exact) mass is 350 g/mol. The van der Waals surface area contributed by atoms with Crippen molar-refractivity contribution in [2.75, 3.05) is 25.0 Å². The van der Waals surface area contributed by atoms with Crippen LogP contribution in [0.1, 0.15) is 25.3 Å². The van der Waals surface area contributed by atoms with Gasteiger partial charge in [0.05, 0.1) is 5.69 Å². The molecule has 3 heterocycles. The lowest BCUT2D eigenvalue weighted by Crippen LogP contribution is -2.52. The number of fused-ring (bicyclic) bond motifs is 3. The Kier molecular flexibility index (Phi) is 4.93. The average molecular weight is 350 g/mol. The third kappa shape index (κ3) is 3.47. The van der Waals surface area contributed by atoms with Crippen LogP contribution in [0.2, 0.25) is 0 Å². The van der Waals surface area contributed by atoms with Crippen LogP contribution in [0.15, 0.2) is 48.5 Å². The molecular weight excluding hydrogens is 324 g/mol. The van der Waals surface area contributed by atoms with E-state index in [1.807, 2.05) is 24.3 Å². The van der Waals surface area contributed by atoms with Gasteiger partial charge in [0.25, 0.3) is 0 Å². The molecular formula is C22H26N2O2. The van der Waals surface area contributed by atoms with Gasteiger partial charge >= 0.3 is 6.09 Å². The largest absolute Gasteiger partial charge is 0.444 e. The van der Waals surface area contributed by atoms with Crippen LogP contribution >= 0.6 is 0 Å². The van der Waals surface area contributed by atoms with Crippen molar-refractivity contribution < 1.29 is 9.53 Å². The molecule has 0 saturated carbocycles. The number of nitrogens with one attached hydrogen (secondary N) is 1. The zero-order valence-electron chi connectivity index (χ0n) is 15.3. The highest BCUT2D eigenvalue weighted by Gasteiger charge is 2.36. The number of aryl methyl sites for hydroxylation is 1. The average Bonchev–Trinajstić information content (AvgIpc) is 2.69. The quantitative estimate of drug-likeness (QED) is 0.879. The van der Waals surface area contributed by atoms with Crippen LogP contribution in [0.25, 0.3) is 11.1 Å². The summed E-state index contributed by atoms with van der Waals surface area (Å²) in [7, 11) is 0. The van der Waals surface area contributed by atoms with E-state index in [1.165, 1.54) is 5.56 Å². The summed E-state index contributed by atoms with van der Waals surface area (Å²) < 4.78 is 5.78. The smallest absolute Gasteiger partial charge is 0.411 e. The van der Waals surface area contributed by atoms with Gasteiger partial charge < -0.3 is 4.74 Å². The fourth-order valence-corrected chi connectivity index (χ4v) is 4.24. The summed E-state index contributed by atoms with van der Waals surface area (Å²) in [6, 6.07) is 16.3. The molecule has 0 aromatic heterocycles. The van der Waals surface area contributed by atoms with Gasteiger partial charge in [0.15, 0.2) is 0 Å². The lowest BCUT2D eigenvalue weighted by molar-refractivity contribution is -0.0289. The summed E-state index contributed by atoms with van der Waals surface area (Å²) in [5, 5.41) is 2.99. The van der Waals surface area contributed by atoms with Gasteiger partial charge in [-0.2, -0.15) is 0 Å². The molecule has 3 aliphatic heterocycles. The van der Waals surface area contributed by atoms with E-state index in [9.17, 15) is 4.79 Å². The minimum Gasteiger partial charge on any atom is -0.444 e. The Balaban J connectivity index is 1.51. The van der Waals surface area contributed by atoms with Gasteiger partial charge in [-0.15, -0.1) is 0 Å². The van der Waals surface area contributed by atoms with Crippen molar-refractivity contribution in [1.29, 1.82) is 0 Å². The topological polar surface area (TPSA) is 41.6 Å². The van der Waals surface area contributed by atoms with E-state index in [0.717, 1.165) is 55.7 Å². The minimum atomic E-state index is -0.342. The first-order valence-electron chi connectivity index (χ1n) is 9.62. The summed E-state index contributed by atoms with van der Waals surface area (Å²) in [5.74, 6) is 0.516. The van der Waals surface area contributed by atoms with Gasteiger partial charge in [0.1, 0.15) is 6.10 Å². The highest BCUT2D eigenvalue weighted by molar-refractivity contribution is 5.92. The first-order chi connectivity index (χ1) is 12.7. The van der Waals surface area contributed by atoms with Crippen molar-refractivity contribution in [2.24, 2.45) is 5.92 Å². The van der Waals surface area contributed by atoms with Crippen LogP contribution in [-0.2, 0) is 11.2 Å².